The molecule has 0 unspecified atom stereocenters. The Hall–Kier alpha value is -1.81. The molecular weight excluding hydrogens is 330 g/mol. The van der Waals surface area contributed by atoms with Gasteiger partial charge in [-0.15, -0.1) is 0 Å². The van der Waals surface area contributed by atoms with Gasteiger partial charge in [-0.05, 0) is 53.0 Å². The largest absolute Gasteiger partial charge is 0.483 e. The van der Waals surface area contributed by atoms with E-state index in [1.807, 2.05) is 47.4 Å². The Morgan fingerprint density at radius 2 is 1.95 bits per heavy atom. The van der Waals surface area contributed by atoms with Crippen molar-refractivity contribution in [1.29, 1.82) is 0 Å². The molecule has 0 radical (unpaired) electrons. The third-order valence-corrected chi connectivity index (χ3v) is 4.32. The Morgan fingerprint density at radius 1 is 1.24 bits per heavy atom. The van der Waals surface area contributed by atoms with Crippen molar-refractivity contribution in [3.8, 4) is 5.75 Å². The summed E-state index contributed by atoms with van der Waals surface area (Å²) in [4.78, 5) is 14.3. The highest BCUT2D eigenvalue weighted by Gasteiger charge is 2.30. The van der Waals surface area contributed by atoms with Crippen LogP contribution in [-0.2, 0) is 11.2 Å². The lowest BCUT2D eigenvalue weighted by Gasteiger charge is -2.22. The molecule has 4 heteroatoms. The number of fused-ring (bicyclic) bond motifs is 1. The van der Waals surface area contributed by atoms with E-state index in [-0.39, 0.29) is 18.6 Å². The molecule has 0 fully saturated rings. The van der Waals surface area contributed by atoms with E-state index in [1.165, 1.54) is 5.56 Å². The minimum absolute atomic E-state index is 0.0109. The van der Waals surface area contributed by atoms with Gasteiger partial charge in [0.1, 0.15) is 5.75 Å². The van der Waals surface area contributed by atoms with Crippen LogP contribution in [0.25, 0.3) is 0 Å². The molecule has 1 atom stereocenters. The van der Waals surface area contributed by atoms with E-state index >= 15 is 0 Å². The van der Waals surface area contributed by atoms with E-state index in [0.717, 1.165) is 16.6 Å². The minimum atomic E-state index is -0.0109. The van der Waals surface area contributed by atoms with Crippen LogP contribution in [-0.4, -0.2) is 18.6 Å². The van der Waals surface area contributed by atoms with Gasteiger partial charge in [-0.3, -0.25) is 4.79 Å². The highest BCUT2D eigenvalue weighted by molar-refractivity contribution is 9.10. The molecule has 2 aromatic rings. The first-order valence-electron chi connectivity index (χ1n) is 6.94. The molecule has 0 spiro atoms. The molecule has 108 valence electrons. The molecule has 0 saturated carbocycles. The van der Waals surface area contributed by atoms with Gasteiger partial charge in [0.15, 0.2) is 6.61 Å². The number of carbonyl (C=O) groups excluding carboxylic acids is 1. The van der Waals surface area contributed by atoms with E-state index in [4.69, 9.17) is 4.74 Å². The molecule has 1 aliphatic heterocycles. The first-order chi connectivity index (χ1) is 10.2. The molecular formula is C17H16BrNO2. The standard InChI is InChI=1S/C17H16BrNO2/c1-12-10-13-6-2-4-8-15(13)19(12)17(20)11-21-16-9-5-3-7-14(16)18/h2-9,12H,10-11H2,1H3/t12-/m0/s1. The fourth-order valence-corrected chi connectivity index (χ4v) is 3.12. The maximum atomic E-state index is 12.5. The zero-order valence-electron chi connectivity index (χ0n) is 11.8. The maximum absolute atomic E-state index is 12.5. The van der Waals surface area contributed by atoms with E-state index in [1.54, 1.807) is 0 Å². The Kier molecular flexibility index (Phi) is 3.97. The molecule has 3 nitrogen and oxygen atoms in total. The van der Waals surface area contributed by atoms with Crippen LogP contribution in [0, 0.1) is 0 Å². The van der Waals surface area contributed by atoms with Gasteiger partial charge in [0.05, 0.1) is 4.47 Å². The van der Waals surface area contributed by atoms with Gasteiger partial charge < -0.3 is 9.64 Å². The molecule has 0 N–H and O–H groups in total. The van der Waals surface area contributed by atoms with Crippen LogP contribution in [0.5, 0.6) is 5.75 Å². The highest BCUT2D eigenvalue weighted by Crippen LogP contribution is 2.32. The fourth-order valence-electron chi connectivity index (χ4n) is 2.72. The molecule has 0 saturated heterocycles. The number of carbonyl (C=O) groups is 1. The van der Waals surface area contributed by atoms with E-state index in [2.05, 4.69) is 28.9 Å². The summed E-state index contributed by atoms with van der Waals surface area (Å²) in [7, 11) is 0. The average molecular weight is 346 g/mol. The maximum Gasteiger partial charge on any atom is 0.265 e. The summed E-state index contributed by atoms with van der Waals surface area (Å²) in [5, 5.41) is 0. The van der Waals surface area contributed by atoms with E-state index < -0.39 is 0 Å². The number of anilines is 1. The number of hydrogen-bond donors (Lipinski definition) is 0. The van der Waals surface area contributed by atoms with Crippen LogP contribution in [0.3, 0.4) is 0 Å². The summed E-state index contributed by atoms with van der Waals surface area (Å²) in [6, 6.07) is 15.8. The number of ether oxygens (including phenoxy) is 1. The van der Waals surface area contributed by atoms with Crippen molar-refractivity contribution in [2.75, 3.05) is 11.5 Å². The summed E-state index contributed by atoms with van der Waals surface area (Å²) in [6.07, 6.45) is 0.900. The van der Waals surface area contributed by atoms with Gasteiger partial charge in [-0.1, -0.05) is 30.3 Å². The number of para-hydroxylation sites is 2. The summed E-state index contributed by atoms with van der Waals surface area (Å²) >= 11 is 3.42. The lowest BCUT2D eigenvalue weighted by molar-refractivity contribution is -0.120. The van der Waals surface area contributed by atoms with Crippen molar-refractivity contribution in [2.45, 2.75) is 19.4 Å². The van der Waals surface area contributed by atoms with Crippen LogP contribution in [0.1, 0.15) is 12.5 Å². The zero-order valence-corrected chi connectivity index (χ0v) is 13.3. The molecule has 21 heavy (non-hydrogen) atoms. The van der Waals surface area contributed by atoms with Gasteiger partial charge in [0, 0.05) is 11.7 Å². The van der Waals surface area contributed by atoms with Crippen molar-refractivity contribution in [3.05, 3.63) is 58.6 Å². The fraction of sp³-hybridized carbons (Fsp3) is 0.235. The number of amides is 1. The highest BCUT2D eigenvalue weighted by atomic mass is 79.9. The van der Waals surface area contributed by atoms with Gasteiger partial charge in [0.2, 0.25) is 0 Å². The molecule has 0 aliphatic carbocycles. The summed E-state index contributed by atoms with van der Waals surface area (Å²) in [6.45, 7) is 2.11. The Balaban J connectivity index is 1.73. The predicted octanol–water partition coefficient (Wildman–Crippen LogP) is 3.81. The quantitative estimate of drug-likeness (QED) is 0.846. The van der Waals surface area contributed by atoms with E-state index in [0.29, 0.717) is 5.75 Å². The van der Waals surface area contributed by atoms with Gasteiger partial charge in [-0.25, -0.2) is 0 Å². The second-order valence-corrected chi connectivity index (χ2v) is 6.02. The minimum Gasteiger partial charge on any atom is -0.483 e. The summed E-state index contributed by atoms with van der Waals surface area (Å²) in [5.74, 6) is 0.675. The van der Waals surface area contributed by atoms with Crippen molar-refractivity contribution in [2.24, 2.45) is 0 Å². The molecule has 0 bridgehead atoms. The van der Waals surface area contributed by atoms with Gasteiger partial charge in [-0.2, -0.15) is 0 Å². The smallest absolute Gasteiger partial charge is 0.265 e. The number of rotatable bonds is 3. The van der Waals surface area contributed by atoms with Crippen LogP contribution < -0.4 is 9.64 Å². The Labute approximate surface area is 132 Å². The topological polar surface area (TPSA) is 29.5 Å². The second-order valence-electron chi connectivity index (χ2n) is 5.16. The van der Waals surface area contributed by atoms with Crippen LogP contribution in [0.4, 0.5) is 5.69 Å². The molecule has 3 rings (SSSR count). The molecule has 1 heterocycles. The monoisotopic (exact) mass is 345 g/mol. The first-order valence-corrected chi connectivity index (χ1v) is 7.73. The number of hydrogen-bond acceptors (Lipinski definition) is 2. The molecule has 0 aromatic heterocycles. The zero-order chi connectivity index (χ0) is 14.8. The number of nitrogens with zero attached hydrogens (tertiary/aromatic N) is 1. The second kappa shape index (κ2) is 5.90. The van der Waals surface area contributed by atoms with Crippen LogP contribution >= 0.6 is 15.9 Å². The molecule has 1 aliphatic rings. The third kappa shape index (κ3) is 2.81. The van der Waals surface area contributed by atoms with Crippen molar-refractivity contribution >= 4 is 27.5 Å². The summed E-state index contributed by atoms with van der Waals surface area (Å²) < 4.78 is 6.49. The van der Waals surface area contributed by atoms with Crippen molar-refractivity contribution in [3.63, 3.8) is 0 Å². The first kappa shape index (κ1) is 14.1. The summed E-state index contributed by atoms with van der Waals surface area (Å²) in [5.41, 5.74) is 2.23. The van der Waals surface area contributed by atoms with Gasteiger partial charge in [0.25, 0.3) is 5.91 Å². The van der Waals surface area contributed by atoms with Crippen LogP contribution in [0.2, 0.25) is 0 Å². The van der Waals surface area contributed by atoms with Crippen molar-refractivity contribution < 1.29 is 9.53 Å². The van der Waals surface area contributed by atoms with Crippen LogP contribution in [0.15, 0.2) is 53.0 Å². The van der Waals surface area contributed by atoms with E-state index in [9.17, 15) is 4.79 Å². The third-order valence-electron chi connectivity index (χ3n) is 3.66. The number of halogens is 1. The van der Waals surface area contributed by atoms with Gasteiger partial charge >= 0.3 is 0 Å². The molecule has 2 aromatic carbocycles. The Bertz CT molecular complexity index is 671. The normalized spacial score (nSPS) is 16.7. The predicted molar refractivity (Wildman–Crippen MR) is 86.7 cm³/mol. The molecule has 1 amide bonds. The average Bonchev–Trinajstić information content (AvgIpc) is 2.82. The lowest BCUT2D eigenvalue weighted by atomic mass is 10.1. The Morgan fingerprint density at radius 3 is 2.76 bits per heavy atom. The lowest BCUT2D eigenvalue weighted by Crippen LogP contribution is -2.39. The van der Waals surface area contributed by atoms with Crippen molar-refractivity contribution in [1.82, 2.24) is 0 Å². The number of benzene rings is 2. The SMILES string of the molecule is C[C@H]1Cc2ccccc2N1C(=O)COc1ccccc1Br.